The average molecular weight is 437 g/mol. The van der Waals surface area contributed by atoms with Crippen LogP contribution in [0.3, 0.4) is 0 Å². The summed E-state index contributed by atoms with van der Waals surface area (Å²) in [6, 6.07) is 9.72. The molecule has 3 rings (SSSR count). The molecule has 0 unspecified atom stereocenters. The number of amides is 1. The van der Waals surface area contributed by atoms with E-state index in [2.05, 4.69) is 14.6 Å². The minimum absolute atomic E-state index is 0.110. The van der Waals surface area contributed by atoms with E-state index >= 15 is 0 Å². The number of hydrogen-bond acceptors (Lipinski definition) is 5. The first kappa shape index (κ1) is 21.5. The molecule has 0 saturated carbocycles. The number of pyridine rings is 1. The zero-order valence-corrected chi connectivity index (χ0v) is 18.3. The number of piperazine rings is 1. The van der Waals surface area contributed by atoms with Gasteiger partial charge in [0.25, 0.3) is 5.91 Å². The molecule has 2 aromatic rings. The maximum atomic E-state index is 12.8. The molecule has 1 aromatic carbocycles. The van der Waals surface area contributed by atoms with E-state index < -0.39 is 15.6 Å². The Morgan fingerprint density at radius 3 is 2.17 bits per heavy atom. The van der Waals surface area contributed by atoms with Crippen molar-refractivity contribution in [2.45, 2.75) is 31.2 Å². The average Bonchev–Trinajstić information content (AvgIpc) is 2.66. The van der Waals surface area contributed by atoms with Gasteiger partial charge in [-0.2, -0.15) is 0 Å². The van der Waals surface area contributed by atoms with Crippen LogP contribution in [0.25, 0.3) is 0 Å². The van der Waals surface area contributed by atoms with E-state index in [-0.39, 0.29) is 10.8 Å². The monoisotopic (exact) mass is 436 g/mol. The van der Waals surface area contributed by atoms with E-state index in [0.717, 1.165) is 5.82 Å². The minimum atomic E-state index is -3.62. The molecule has 1 aliphatic heterocycles. The second-order valence-corrected chi connectivity index (χ2v) is 10.1. The number of hydrogen-bond donors (Lipinski definition) is 1. The van der Waals surface area contributed by atoms with Crippen molar-refractivity contribution in [1.29, 1.82) is 0 Å². The molecule has 0 spiro atoms. The Kier molecular flexibility index (Phi) is 6.16. The largest absolute Gasteiger partial charge is 0.353 e. The lowest BCUT2D eigenvalue weighted by atomic mass is 10.1. The van der Waals surface area contributed by atoms with E-state index in [9.17, 15) is 13.2 Å². The molecule has 2 heterocycles. The first-order valence-corrected chi connectivity index (χ1v) is 11.2. The summed E-state index contributed by atoms with van der Waals surface area (Å²) in [5.41, 5.74) is -0.107. The second-order valence-electron chi connectivity index (χ2n) is 7.99. The van der Waals surface area contributed by atoms with Crippen molar-refractivity contribution in [3.05, 3.63) is 53.2 Å². The SMILES string of the molecule is CC(C)(C)NS(=O)(=O)c1ccc(C(=O)N2CCN(c3ccc(Cl)cn3)CC2)cc1. The number of carbonyl (C=O) groups excluding carboxylic acids is 1. The molecule has 1 aromatic heterocycles. The number of aromatic nitrogens is 1. The minimum Gasteiger partial charge on any atom is -0.353 e. The van der Waals surface area contributed by atoms with E-state index in [1.165, 1.54) is 12.1 Å². The quantitative estimate of drug-likeness (QED) is 0.796. The molecule has 1 saturated heterocycles. The van der Waals surface area contributed by atoms with Crippen LogP contribution in [0.4, 0.5) is 5.82 Å². The van der Waals surface area contributed by atoms with E-state index in [4.69, 9.17) is 11.6 Å². The molecule has 1 aliphatic rings. The summed E-state index contributed by atoms with van der Waals surface area (Å²) < 4.78 is 27.4. The summed E-state index contributed by atoms with van der Waals surface area (Å²) in [5.74, 6) is 0.726. The third kappa shape index (κ3) is 5.46. The number of nitrogens with zero attached hydrogens (tertiary/aromatic N) is 3. The number of anilines is 1. The van der Waals surface area contributed by atoms with Gasteiger partial charge in [-0.15, -0.1) is 0 Å². The van der Waals surface area contributed by atoms with E-state index in [1.54, 1.807) is 50.1 Å². The van der Waals surface area contributed by atoms with Crippen LogP contribution in [0.5, 0.6) is 0 Å². The molecule has 0 bridgehead atoms. The fourth-order valence-electron chi connectivity index (χ4n) is 3.11. The molecule has 0 radical (unpaired) electrons. The van der Waals surface area contributed by atoms with Gasteiger partial charge in [0.2, 0.25) is 10.0 Å². The topological polar surface area (TPSA) is 82.6 Å². The maximum Gasteiger partial charge on any atom is 0.253 e. The highest BCUT2D eigenvalue weighted by molar-refractivity contribution is 7.89. The third-order valence-corrected chi connectivity index (χ3v) is 6.45. The van der Waals surface area contributed by atoms with Crippen molar-refractivity contribution in [3.8, 4) is 0 Å². The number of sulfonamides is 1. The van der Waals surface area contributed by atoms with Gasteiger partial charge in [0.1, 0.15) is 5.82 Å². The lowest BCUT2D eigenvalue weighted by Crippen LogP contribution is -2.49. The zero-order valence-electron chi connectivity index (χ0n) is 16.7. The predicted molar refractivity (Wildman–Crippen MR) is 114 cm³/mol. The van der Waals surface area contributed by atoms with Crippen LogP contribution in [0.2, 0.25) is 5.02 Å². The number of nitrogens with one attached hydrogen (secondary N) is 1. The third-order valence-electron chi connectivity index (χ3n) is 4.45. The molecule has 1 amide bonds. The summed E-state index contributed by atoms with van der Waals surface area (Å²) in [6.07, 6.45) is 1.61. The van der Waals surface area contributed by atoms with Gasteiger partial charge in [-0.1, -0.05) is 11.6 Å². The smallest absolute Gasteiger partial charge is 0.253 e. The van der Waals surface area contributed by atoms with Crippen molar-refractivity contribution in [3.63, 3.8) is 0 Å². The summed E-state index contributed by atoms with van der Waals surface area (Å²) >= 11 is 5.88. The molecule has 1 N–H and O–H groups in total. The van der Waals surface area contributed by atoms with Crippen molar-refractivity contribution in [1.82, 2.24) is 14.6 Å². The standard InChI is InChI=1S/C20H25ClN4O3S/c1-20(2,3)23-29(27,28)17-7-4-15(5-8-17)19(26)25-12-10-24(11-13-25)18-9-6-16(21)14-22-18/h4-9,14,23H,10-13H2,1-3H3. The number of benzene rings is 1. The highest BCUT2D eigenvalue weighted by Gasteiger charge is 2.25. The number of halogens is 1. The van der Waals surface area contributed by atoms with Gasteiger partial charge in [-0.3, -0.25) is 4.79 Å². The highest BCUT2D eigenvalue weighted by Crippen LogP contribution is 2.18. The first-order chi connectivity index (χ1) is 13.5. The predicted octanol–water partition coefficient (Wildman–Crippen LogP) is 2.77. The lowest BCUT2D eigenvalue weighted by Gasteiger charge is -2.35. The molecule has 0 atom stereocenters. The van der Waals surface area contributed by atoms with Gasteiger partial charge in [-0.25, -0.2) is 18.1 Å². The number of carbonyl (C=O) groups is 1. The van der Waals surface area contributed by atoms with Gasteiger partial charge in [-0.05, 0) is 57.2 Å². The van der Waals surface area contributed by atoms with Crippen LogP contribution in [-0.4, -0.2) is 55.9 Å². The van der Waals surface area contributed by atoms with Crippen molar-refractivity contribution in [2.24, 2.45) is 0 Å². The van der Waals surface area contributed by atoms with Crippen LogP contribution in [0.15, 0.2) is 47.5 Å². The van der Waals surface area contributed by atoms with Gasteiger partial charge in [0.05, 0.1) is 9.92 Å². The zero-order chi connectivity index (χ0) is 21.2. The lowest BCUT2D eigenvalue weighted by molar-refractivity contribution is 0.0746. The van der Waals surface area contributed by atoms with Crippen molar-refractivity contribution in [2.75, 3.05) is 31.1 Å². The van der Waals surface area contributed by atoms with Crippen molar-refractivity contribution < 1.29 is 13.2 Å². The van der Waals surface area contributed by atoms with Crippen LogP contribution >= 0.6 is 11.6 Å². The summed E-state index contributed by atoms with van der Waals surface area (Å²) in [5, 5.41) is 0.589. The maximum absolute atomic E-state index is 12.8. The second kappa shape index (κ2) is 8.30. The molecule has 0 aliphatic carbocycles. The van der Waals surface area contributed by atoms with E-state index in [0.29, 0.717) is 36.8 Å². The molecule has 29 heavy (non-hydrogen) atoms. The summed E-state index contributed by atoms with van der Waals surface area (Å²) in [7, 11) is -3.62. The van der Waals surface area contributed by atoms with Crippen LogP contribution < -0.4 is 9.62 Å². The van der Waals surface area contributed by atoms with Crippen LogP contribution in [0, 0.1) is 0 Å². The fraction of sp³-hybridized carbons (Fsp3) is 0.400. The molecule has 1 fully saturated rings. The Morgan fingerprint density at radius 1 is 1.03 bits per heavy atom. The highest BCUT2D eigenvalue weighted by atomic mass is 35.5. The Bertz CT molecular complexity index is 962. The Labute approximate surface area is 176 Å². The van der Waals surface area contributed by atoms with Gasteiger partial charge in [0.15, 0.2) is 0 Å². The Morgan fingerprint density at radius 2 is 1.66 bits per heavy atom. The van der Waals surface area contributed by atoms with E-state index in [1.807, 2.05) is 6.07 Å². The number of rotatable bonds is 4. The van der Waals surface area contributed by atoms with Gasteiger partial charge < -0.3 is 9.80 Å². The van der Waals surface area contributed by atoms with Gasteiger partial charge >= 0.3 is 0 Å². The first-order valence-electron chi connectivity index (χ1n) is 9.35. The van der Waals surface area contributed by atoms with Crippen molar-refractivity contribution >= 4 is 33.3 Å². The Balaban J connectivity index is 1.63. The fourth-order valence-corrected chi connectivity index (χ4v) is 4.65. The van der Waals surface area contributed by atoms with Gasteiger partial charge in [0, 0.05) is 43.5 Å². The normalized spacial score (nSPS) is 15.4. The molecular weight excluding hydrogens is 412 g/mol. The van der Waals surface area contributed by atoms with Crippen LogP contribution in [0.1, 0.15) is 31.1 Å². The molecular formula is C20H25ClN4O3S. The van der Waals surface area contributed by atoms with Crippen LogP contribution in [-0.2, 0) is 10.0 Å². The molecule has 9 heteroatoms. The summed E-state index contributed by atoms with van der Waals surface area (Å²) in [6.45, 7) is 7.80. The molecule has 156 valence electrons. The Hall–Kier alpha value is -2.16. The molecule has 7 nitrogen and oxygen atoms in total. The summed E-state index contributed by atoms with van der Waals surface area (Å²) in [4.78, 5) is 21.1.